The second kappa shape index (κ2) is 6.74. The van der Waals surface area contributed by atoms with Gasteiger partial charge < -0.3 is 4.90 Å². The molecule has 0 aliphatic carbocycles. The van der Waals surface area contributed by atoms with Gasteiger partial charge >= 0.3 is 0 Å². The maximum atomic E-state index is 6.82. The number of allylic oxidation sites excluding steroid dienone is 3. The Morgan fingerprint density at radius 2 is 2.00 bits per heavy atom. The third kappa shape index (κ3) is 6.51. The highest BCUT2D eigenvalue weighted by atomic mass is 15.1. The van der Waals surface area contributed by atoms with E-state index in [9.17, 15) is 0 Å². The number of nitrogens with one attached hydrogen (secondary N) is 1. The number of rotatable bonds is 4. The van der Waals surface area contributed by atoms with E-state index in [2.05, 4.69) is 4.99 Å². The second-order valence-electron chi connectivity index (χ2n) is 1.93. The van der Waals surface area contributed by atoms with Crippen LogP contribution in [0, 0.1) is 5.41 Å². The van der Waals surface area contributed by atoms with Gasteiger partial charge in [0, 0.05) is 26.5 Å². The van der Waals surface area contributed by atoms with E-state index in [-0.39, 0.29) is 0 Å². The van der Waals surface area contributed by atoms with Gasteiger partial charge in [-0.2, -0.15) is 0 Å². The molecule has 1 N–H and O–H groups in total. The zero-order valence-electron chi connectivity index (χ0n) is 6.86. The summed E-state index contributed by atoms with van der Waals surface area (Å²) in [6.07, 6.45) is 10.2. The molecule has 11 heavy (non-hydrogen) atoms. The van der Waals surface area contributed by atoms with E-state index in [1.807, 2.05) is 18.2 Å². The van der Waals surface area contributed by atoms with Crippen molar-refractivity contribution in [3.63, 3.8) is 0 Å². The fourth-order valence-corrected chi connectivity index (χ4v) is 0.428. The van der Waals surface area contributed by atoms with Crippen LogP contribution in [-0.4, -0.2) is 31.5 Å². The van der Waals surface area contributed by atoms with Crippen LogP contribution in [0.5, 0.6) is 0 Å². The summed E-state index contributed by atoms with van der Waals surface area (Å²) in [7, 11) is 3.52. The molecule has 0 radical (unpaired) electrons. The number of hydrogen-bond acceptors (Lipinski definition) is 2. The summed E-state index contributed by atoms with van der Waals surface area (Å²) in [5.41, 5.74) is 0. The maximum absolute atomic E-state index is 6.82. The van der Waals surface area contributed by atoms with Gasteiger partial charge in [0.15, 0.2) is 0 Å². The van der Waals surface area contributed by atoms with E-state index in [1.54, 1.807) is 31.4 Å². The minimum atomic E-state index is 1.23. The first-order valence-electron chi connectivity index (χ1n) is 3.29. The van der Waals surface area contributed by atoms with Crippen molar-refractivity contribution in [1.29, 1.82) is 5.41 Å². The molecule has 0 heterocycles. The molecule has 0 aromatic rings. The van der Waals surface area contributed by atoms with Crippen molar-refractivity contribution in [3.05, 3.63) is 24.4 Å². The van der Waals surface area contributed by atoms with E-state index in [0.717, 1.165) is 0 Å². The largest absolute Gasteiger partial charge is 0.343 e. The molecule has 0 aromatic carbocycles. The minimum absolute atomic E-state index is 1.23. The summed E-state index contributed by atoms with van der Waals surface area (Å²) in [4.78, 5) is 5.41. The van der Waals surface area contributed by atoms with Crippen molar-refractivity contribution in [2.24, 2.45) is 4.99 Å². The van der Waals surface area contributed by atoms with Crippen LogP contribution in [0.4, 0.5) is 0 Å². The summed E-state index contributed by atoms with van der Waals surface area (Å²) >= 11 is 0. The molecule has 0 aliphatic heterocycles. The summed E-state index contributed by atoms with van der Waals surface area (Å²) in [5.74, 6) is 0. The van der Waals surface area contributed by atoms with Crippen LogP contribution in [0.25, 0.3) is 0 Å². The molecule has 0 bridgehead atoms. The molecule has 3 heteroatoms. The monoisotopic (exact) mass is 151 g/mol. The lowest BCUT2D eigenvalue weighted by molar-refractivity contribution is 0.706. The van der Waals surface area contributed by atoms with Gasteiger partial charge in [-0.05, 0) is 12.2 Å². The van der Waals surface area contributed by atoms with Crippen molar-refractivity contribution < 1.29 is 0 Å². The average Bonchev–Trinajstić information content (AvgIpc) is 2.04. The van der Waals surface area contributed by atoms with Crippen molar-refractivity contribution >= 4 is 12.6 Å². The molecule has 0 amide bonds. The van der Waals surface area contributed by atoms with Crippen molar-refractivity contribution in [2.45, 2.75) is 0 Å². The van der Waals surface area contributed by atoms with Crippen LogP contribution in [0.15, 0.2) is 29.4 Å². The molecule has 0 spiro atoms. The Balaban J connectivity index is 3.67. The molecular weight excluding hydrogens is 138 g/mol. The van der Waals surface area contributed by atoms with Crippen molar-refractivity contribution in [1.82, 2.24) is 4.90 Å². The van der Waals surface area contributed by atoms with Crippen molar-refractivity contribution in [3.8, 4) is 0 Å². The van der Waals surface area contributed by atoms with E-state index in [0.29, 0.717) is 0 Å². The van der Waals surface area contributed by atoms with Crippen molar-refractivity contribution in [2.75, 3.05) is 14.1 Å². The normalized spacial score (nSPS) is 11.8. The number of hydrogen-bond donors (Lipinski definition) is 1. The predicted molar refractivity (Wildman–Crippen MR) is 49.2 cm³/mol. The number of nitrogens with zero attached hydrogens (tertiary/aromatic N) is 2. The summed E-state index contributed by atoms with van der Waals surface area (Å²) in [6, 6.07) is 0. The third-order valence-electron chi connectivity index (χ3n) is 0.982. The fourth-order valence-electron chi connectivity index (χ4n) is 0.428. The van der Waals surface area contributed by atoms with Gasteiger partial charge in [0.1, 0.15) is 0 Å². The molecule has 0 fully saturated rings. The van der Waals surface area contributed by atoms with E-state index in [1.165, 1.54) is 6.34 Å². The van der Waals surface area contributed by atoms with Gasteiger partial charge in [-0.3, -0.25) is 10.4 Å². The van der Waals surface area contributed by atoms with Gasteiger partial charge in [0.2, 0.25) is 0 Å². The molecule has 60 valence electrons. The Bertz CT molecular complexity index is 180. The maximum Gasteiger partial charge on any atom is 0.0854 e. The lowest BCUT2D eigenvalue weighted by Crippen LogP contribution is -2.04. The third-order valence-corrected chi connectivity index (χ3v) is 0.982. The highest BCUT2D eigenvalue weighted by Gasteiger charge is 1.75. The smallest absolute Gasteiger partial charge is 0.0854 e. The first-order valence-corrected chi connectivity index (χ1v) is 3.29. The Morgan fingerprint density at radius 3 is 2.55 bits per heavy atom. The Kier molecular flexibility index (Phi) is 5.89. The summed E-state index contributed by atoms with van der Waals surface area (Å²) in [6.45, 7) is 0. The molecule has 0 aliphatic rings. The van der Waals surface area contributed by atoms with E-state index >= 15 is 0 Å². The zero-order chi connectivity index (χ0) is 8.53. The topological polar surface area (TPSA) is 39.5 Å². The summed E-state index contributed by atoms with van der Waals surface area (Å²) < 4.78 is 0. The first kappa shape index (κ1) is 9.62. The lowest BCUT2D eigenvalue weighted by atomic mass is 10.5. The Labute approximate surface area is 67.3 Å². The van der Waals surface area contributed by atoms with Gasteiger partial charge in [-0.15, -0.1) is 0 Å². The SMILES string of the molecule is CN=C/C=C\C=C/N(C)C=N. The molecule has 0 aromatic heterocycles. The molecule has 0 saturated heterocycles. The van der Waals surface area contributed by atoms with Crippen LogP contribution in [0.2, 0.25) is 0 Å². The first-order chi connectivity index (χ1) is 5.31. The van der Waals surface area contributed by atoms with Crippen LogP contribution in [0.1, 0.15) is 0 Å². The van der Waals surface area contributed by atoms with Gasteiger partial charge in [0.05, 0.1) is 6.34 Å². The molecule has 0 atom stereocenters. The van der Waals surface area contributed by atoms with Crippen LogP contribution >= 0.6 is 0 Å². The molecular formula is C8H13N3. The number of aliphatic imine (C=N–C) groups is 1. The quantitative estimate of drug-likeness (QED) is 0.367. The highest BCUT2D eigenvalue weighted by Crippen LogP contribution is 1.79. The van der Waals surface area contributed by atoms with Gasteiger partial charge in [-0.25, -0.2) is 0 Å². The zero-order valence-corrected chi connectivity index (χ0v) is 6.86. The minimum Gasteiger partial charge on any atom is -0.343 e. The summed E-state index contributed by atoms with van der Waals surface area (Å²) in [5, 5.41) is 6.82. The standard InChI is InChI=1S/C8H13N3/c1-10-6-4-3-5-7-11(2)8-9/h3-9H,1-2H3/b4-3-,7-5-,9-8?,10-6?. The van der Waals surface area contributed by atoms with Gasteiger partial charge in [0.25, 0.3) is 0 Å². The predicted octanol–water partition coefficient (Wildman–Crippen LogP) is 1.30. The Morgan fingerprint density at radius 1 is 1.27 bits per heavy atom. The second-order valence-corrected chi connectivity index (χ2v) is 1.93. The van der Waals surface area contributed by atoms with Gasteiger partial charge in [-0.1, -0.05) is 6.08 Å². The van der Waals surface area contributed by atoms with Crippen LogP contribution < -0.4 is 0 Å². The molecule has 0 rings (SSSR count). The lowest BCUT2D eigenvalue weighted by Gasteiger charge is -2.01. The van der Waals surface area contributed by atoms with Crippen LogP contribution in [-0.2, 0) is 0 Å². The highest BCUT2D eigenvalue weighted by molar-refractivity contribution is 5.71. The van der Waals surface area contributed by atoms with E-state index < -0.39 is 0 Å². The van der Waals surface area contributed by atoms with E-state index in [4.69, 9.17) is 5.41 Å². The Hall–Kier alpha value is -1.38. The van der Waals surface area contributed by atoms with Crippen LogP contribution in [0.3, 0.4) is 0 Å². The molecule has 3 nitrogen and oxygen atoms in total. The average molecular weight is 151 g/mol. The fraction of sp³-hybridized carbons (Fsp3) is 0.250. The molecule has 0 unspecified atom stereocenters. The molecule has 0 saturated carbocycles.